The number of halogens is 1. The molecule has 22 heavy (non-hydrogen) atoms. The van der Waals surface area contributed by atoms with Gasteiger partial charge in [0.2, 0.25) is 0 Å². The van der Waals surface area contributed by atoms with Crippen molar-refractivity contribution in [2.45, 2.75) is 12.5 Å². The van der Waals surface area contributed by atoms with Crippen molar-refractivity contribution < 1.29 is 19.0 Å². The van der Waals surface area contributed by atoms with Crippen molar-refractivity contribution in [2.24, 2.45) is 0 Å². The van der Waals surface area contributed by atoms with Crippen molar-refractivity contribution in [3.8, 4) is 11.5 Å². The number of hydrogen-bond acceptors (Lipinski definition) is 3. The molecule has 1 unspecified atom stereocenters. The highest BCUT2D eigenvalue weighted by atomic mass is 19.1. The number of phenolic OH excluding ortho intramolecular Hbond substituents is 1. The van der Waals surface area contributed by atoms with E-state index in [1.165, 1.54) is 12.1 Å². The van der Waals surface area contributed by atoms with Gasteiger partial charge in [0, 0.05) is 12.6 Å². The van der Waals surface area contributed by atoms with Crippen molar-refractivity contribution in [1.29, 1.82) is 0 Å². The van der Waals surface area contributed by atoms with Gasteiger partial charge in [0.15, 0.2) is 0 Å². The van der Waals surface area contributed by atoms with Crippen molar-refractivity contribution in [1.82, 2.24) is 4.90 Å². The van der Waals surface area contributed by atoms with Gasteiger partial charge in [-0.2, -0.15) is 0 Å². The van der Waals surface area contributed by atoms with E-state index in [2.05, 4.69) is 0 Å². The van der Waals surface area contributed by atoms with Gasteiger partial charge in [-0.25, -0.2) is 4.39 Å². The Balaban J connectivity index is 1.84. The number of aromatic hydroxyl groups is 1. The van der Waals surface area contributed by atoms with Crippen LogP contribution in [0.5, 0.6) is 11.5 Å². The first-order valence-corrected chi connectivity index (χ1v) is 7.03. The van der Waals surface area contributed by atoms with Gasteiger partial charge in [-0.15, -0.1) is 0 Å². The Morgan fingerprint density at radius 3 is 2.77 bits per heavy atom. The molecular weight excluding hydrogens is 285 g/mol. The molecule has 114 valence electrons. The summed E-state index contributed by atoms with van der Waals surface area (Å²) >= 11 is 0. The molecule has 0 aromatic heterocycles. The number of carbonyl (C=O) groups is 1. The lowest BCUT2D eigenvalue weighted by atomic mass is 9.93. The van der Waals surface area contributed by atoms with E-state index in [9.17, 15) is 14.3 Å². The predicted molar refractivity (Wildman–Crippen MR) is 79.5 cm³/mol. The van der Waals surface area contributed by atoms with Crippen molar-refractivity contribution in [2.75, 3.05) is 13.7 Å². The molecule has 5 heteroatoms. The number of carbonyl (C=O) groups excluding carboxylic acids is 1. The van der Waals surface area contributed by atoms with Crippen LogP contribution >= 0.6 is 0 Å². The number of methoxy groups -OCH3 is 1. The molecule has 0 aliphatic carbocycles. The van der Waals surface area contributed by atoms with E-state index in [-0.39, 0.29) is 23.3 Å². The fourth-order valence-electron chi connectivity index (χ4n) is 2.66. The fraction of sp³-hybridized carbons (Fsp3) is 0.235. The number of hydrogen-bond donors (Lipinski definition) is 1. The molecule has 0 spiro atoms. The number of benzene rings is 2. The van der Waals surface area contributed by atoms with Crippen LogP contribution in [0.4, 0.5) is 4.39 Å². The third kappa shape index (κ3) is 2.50. The lowest BCUT2D eigenvalue weighted by Gasteiger charge is -2.41. The molecule has 2 aromatic carbocycles. The standard InChI is InChI=1S/C17H16FNO3/c1-22-13-4-2-3-11(9-13)16-7-8-19(16)17(21)14-6-5-12(20)10-15(14)18/h2-6,9-10,16,20H,7-8H2,1H3. The predicted octanol–water partition coefficient (Wildman–Crippen LogP) is 3.13. The van der Waals surface area contributed by atoms with Crippen LogP contribution in [0.25, 0.3) is 0 Å². The Morgan fingerprint density at radius 1 is 1.32 bits per heavy atom. The first kappa shape index (κ1) is 14.4. The van der Waals surface area contributed by atoms with Crippen LogP contribution in [-0.4, -0.2) is 29.6 Å². The molecular formula is C17H16FNO3. The highest BCUT2D eigenvalue weighted by Crippen LogP contribution is 2.36. The largest absolute Gasteiger partial charge is 0.508 e. The molecule has 1 aliphatic rings. The number of ether oxygens (including phenoxy) is 1. The molecule has 1 atom stereocenters. The Morgan fingerprint density at radius 2 is 2.14 bits per heavy atom. The van der Waals surface area contributed by atoms with Gasteiger partial charge in [0.25, 0.3) is 5.91 Å². The second-order valence-electron chi connectivity index (χ2n) is 5.24. The van der Waals surface area contributed by atoms with Crippen molar-refractivity contribution in [3.63, 3.8) is 0 Å². The summed E-state index contributed by atoms with van der Waals surface area (Å²) in [5, 5.41) is 9.24. The number of amides is 1. The SMILES string of the molecule is COc1cccc(C2CCN2C(=O)c2ccc(O)cc2F)c1. The van der Waals surface area contributed by atoms with Crippen LogP contribution in [0, 0.1) is 5.82 Å². The van der Waals surface area contributed by atoms with E-state index in [0.29, 0.717) is 6.54 Å². The third-order valence-corrected chi connectivity index (χ3v) is 3.94. The summed E-state index contributed by atoms with van der Waals surface area (Å²) < 4.78 is 19.0. The molecule has 0 bridgehead atoms. The van der Waals surface area contributed by atoms with Crippen molar-refractivity contribution in [3.05, 3.63) is 59.4 Å². The van der Waals surface area contributed by atoms with Gasteiger partial charge in [-0.1, -0.05) is 12.1 Å². The molecule has 1 aliphatic heterocycles. The van der Waals surface area contributed by atoms with E-state index in [1.54, 1.807) is 12.0 Å². The molecule has 1 heterocycles. The lowest BCUT2D eigenvalue weighted by Crippen LogP contribution is -2.45. The maximum atomic E-state index is 13.8. The van der Waals surface area contributed by atoms with E-state index in [0.717, 1.165) is 23.8 Å². The summed E-state index contributed by atoms with van der Waals surface area (Å²) in [6.07, 6.45) is 0.832. The number of rotatable bonds is 3. The Kier molecular flexibility index (Phi) is 3.71. The maximum Gasteiger partial charge on any atom is 0.257 e. The molecule has 1 fully saturated rings. The fourth-order valence-corrected chi connectivity index (χ4v) is 2.66. The van der Waals surface area contributed by atoms with Gasteiger partial charge in [0.05, 0.1) is 18.7 Å². The summed E-state index contributed by atoms with van der Waals surface area (Å²) in [5.41, 5.74) is 0.948. The average molecular weight is 301 g/mol. The molecule has 3 rings (SSSR count). The highest BCUT2D eigenvalue weighted by molar-refractivity contribution is 5.95. The third-order valence-electron chi connectivity index (χ3n) is 3.94. The summed E-state index contributed by atoms with van der Waals surface area (Å²) in [6.45, 7) is 0.584. The second kappa shape index (κ2) is 5.67. The van der Waals surface area contributed by atoms with Crippen LogP contribution in [0.2, 0.25) is 0 Å². The first-order chi connectivity index (χ1) is 10.6. The van der Waals surface area contributed by atoms with E-state index < -0.39 is 5.82 Å². The summed E-state index contributed by atoms with van der Waals surface area (Å²) in [7, 11) is 1.59. The quantitative estimate of drug-likeness (QED) is 0.947. The van der Waals surface area contributed by atoms with Crippen LogP contribution in [-0.2, 0) is 0 Å². The van der Waals surface area contributed by atoms with Crippen molar-refractivity contribution >= 4 is 5.91 Å². The van der Waals surface area contributed by atoms with Gasteiger partial charge in [-0.05, 0) is 36.2 Å². The highest BCUT2D eigenvalue weighted by Gasteiger charge is 2.35. The minimum atomic E-state index is -0.707. The smallest absolute Gasteiger partial charge is 0.257 e. The van der Waals surface area contributed by atoms with Gasteiger partial charge in [-0.3, -0.25) is 4.79 Å². The number of nitrogens with zero attached hydrogens (tertiary/aromatic N) is 1. The summed E-state index contributed by atoms with van der Waals surface area (Å²) in [5.74, 6) is -0.535. The van der Waals surface area contributed by atoms with Crippen LogP contribution < -0.4 is 4.74 Å². The van der Waals surface area contributed by atoms with Gasteiger partial charge < -0.3 is 14.7 Å². The van der Waals surface area contributed by atoms with E-state index >= 15 is 0 Å². The van der Waals surface area contributed by atoms with Crippen LogP contribution in [0.15, 0.2) is 42.5 Å². The zero-order valence-electron chi connectivity index (χ0n) is 12.1. The normalized spacial score (nSPS) is 17.0. The zero-order valence-corrected chi connectivity index (χ0v) is 12.1. The molecule has 4 nitrogen and oxygen atoms in total. The topological polar surface area (TPSA) is 49.8 Å². The van der Waals surface area contributed by atoms with Crippen LogP contribution in [0.3, 0.4) is 0 Å². The summed E-state index contributed by atoms with van der Waals surface area (Å²) in [4.78, 5) is 14.1. The summed E-state index contributed by atoms with van der Waals surface area (Å²) in [6, 6.07) is 11.0. The van der Waals surface area contributed by atoms with Gasteiger partial charge in [0.1, 0.15) is 17.3 Å². The molecule has 0 radical (unpaired) electrons. The molecule has 0 saturated carbocycles. The van der Waals surface area contributed by atoms with Crippen LogP contribution in [0.1, 0.15) is 28.4 Å². The lowest BCUT2D eigenvalue weighted by molar-refractivity contribution is 0.0455. The van der Waals surface area contributed by atoms with Gasteiger partial charge >= 0.3 is 0 Å². The Hall–Kier alpha value is -2.56. The number of likely N-dealkylation sites (tertiary alicyclic amines) is 1. The monoisotopic (exact) mass is 301 g/mol. The first-order valence-electron chi connectivity index (χ1n) is 7.03. The average Bonchev–Trinajstić information content (AvgIpc) is 2.46. The molecule has 1 amide bonds. The zero-order chi connectivity index (χ0) is 15.7. The van der Waals surface area contributed by atoms with E-state index in [4.69, 9.17) is 4.74 Å². The second-order valence-corrected chi connectivity index (χ2v) is 5.24. The number of phenols is 1. The molecule has 1 saturated heterocycles. The minimum absolute atomic E-state index is 0.0228. The molecule has 1 N–H and O–H groups in total. The minimum Gasteiger partial charge on any atom is -0.508 e. The maximum absolute atomic E-state index is 13.8. The Bertz CT molecular complexity index is 717. The molecule has 2 aromatic rings. The van der Waals surface area contributed by atoms with E-state index in [1.807, 2.05) is 24.3 Å². The Labute approximate surface area is 127 Å².